The molecule has 0 radical (unpaired) electrons. The van der Waals surface area contributed by atoms with Gasteiger partial charge in [0.05, 0.1) is 12.5 Å². The number of benzene rings is 1. The van der Waals surface area contributed by atoms with Crippen molar-refractivity contribution in [2.75, 3.05) is 7.11 Å². The second-order valence-electron chi connectivity index (χ2n) is 5.41. The molecule has 0 fully saturated rings. The number of hydrogen-bond donors (Lipinski definition) is 0. The van der Waals surface area contributed by atoms with Crippen LogP contribution >= 0.6 is 34.5 Å². The zero-order valence-electron chi connectivity index (χ0n) is 12.0. The first-order chi connectivity index (χ1) is 10.2. The van der Waals surface area contributed by atoms with E-state index in [0.29, 0.717) is 5.02 Å². The molecule has 3 rings (SSSR count). The molecule has 1 nitrogen and oxygen atoms in total. The molecule has 1 aromatic carbocycles. The zero-order chi connectivity index (χ0) is 14.8. The highest BCUT2D eigenvalue weighted by Crippen LogP contribution is 2.41. The fourth-order valence-electron chi connectivity index (χ4n) is 2.81. The average molecular weight is 341 g/mol. The summed E-state index contributed by atoms with van der Waals surface area (Å²) >= 11 is 14.9. The van der Waals surface area contributed by atoms with Gasteiger partial charge in [-0.15, -0.1) is 22.9 Å². The van der Waals surface area contributed by atoms with Crippen molar-refractivity contribution >= 4 is 34.5 Å². The Kier molecular flexibility index (Phi) is 4.78. The first-order valence-electron chi connectivity index (χ1n) is 7.28. The van der Waals surface area contributed by atoms with Gasteiger partial charge in [-0.1, -0.05) is 24.1 Å². The van der Waals surface area contributed by atoms with Crippen LogP contribution < -0.4 is 4.74 Å². The Morgan fingerprint density at radius 1 is 1.14 bits per heavy atom. The number of hydrogen-bond acceptors (Lipinski definition) is 2. The van der Waals surface area contributed by atoms with Crippen LogP contribution in [-0.2, 0) is 12.8 Å². The molecule has 0 spiro atoms. The third-order valence-corrected chi connectivity index (χ3v) is 6.22. The van der Waals surface area contributed by atoms with E-state index in [-0.39, 0.29) is 5.38 Å². The Bertz CT molecular complexity index is 612. The highest BCUT2D eigenvalue weighted by Gasteiger charge is 2.20. The minimum Gasteiger partial charge on any atom is -0.497 e. The van der Waals surface area contributed by atoms with Gasteiger partial charge in [0.1, 0.15) is 5.75 Å². The maximum Gasteiger partial charge on any atom is 0.120 e. The minimum atomic E-state index is -0.180. The van der Waals surface area contributed by atoms with Crippen molar-refractivity contribution < 1.29 is 4.74 Å². The van der Waals surface area contributed by atoms with Crippen LogP contribution in [0.5, 0.6) is 5.75 Å². The average Bonchev–Trinajstić information content (AvgIpc) is 2.77. The van der Waals surface area contributed by atoms with Crippen molar-refractivity contribution in [2.24, 2.45) is 0 Å². The van der Waals surface area contributed by atoms with E-state index in [1.807, 2.05) is 29.5 Å². The van der Waals surface area contributed by atoms with Crippen molar-refractivity contribution in [3.05, 3.63) is 50.2 Å². The summed E-state index contributed by atoms with van der Waals surface area (Å²) < 4.78 is 5.19. The third-order valence-electron chi connectivity index (χ3n) is 4.00. The molecule has 0 aliphatic heterocycles. The molecule has 0 bridgehead atoms. The highest BCUT2D eigenvalue weighted by atomic mass is 35.5. The van der Waals surface area contributed by atoms with Crippen LogP contribution in [-0.4, -0.2) is 7.11 Å². The number of thiophene rings is 1. The minimum absolute atomic E-state index is 0.180. The van der Waals surface area contributed by atoms with Gasteiger partial charge in [-0.05, 0) is 55.0 Å². The summed E-state index contributed by atoms with van der Waals surface area (Å²) in [7, 11) is 1.64. The molecule has 0 saturated carbocycles. The van der Waals surface area contributed by atoms with E-state index in [0.717, 1.165) is 11.3 Å². The summed E-state index contributed by atoms with van der Waals surface area (Å²) in [6.45, 7) is 0. The standard InChI is InChI=1S/C17H18Cl2OS/c1-20-12-7-8-13(14(18)10-12)17(19)16-9-11-5-3-2-4-6-15(11)21-16/h7-10,17H,2-6H2,1H3. The maximum atomic E-state index is 6.68. The SMILES string of the molecule is COc1ccc(C(Cl)c2cc3c(s2)CCCCC3)c(Cl)c1. The van der Waals surface area contributed by atoms with Gasteiger partial charge in [0.15, 0.2) is 0 Å². The number of methoxy groups -OCH3 is 1. The molecule has 1 aliphatic carbocycles. The topological polar surface area (TPSA) is 9.23 Å². The monoisotopic (exact) mass is 340 g/mol. The van der Waals surface area contributed by atoms with Crippen LogP contribution in [0, 0.1) is 0 Å². The van der Waals surface area contributed by atoms with Crippen LogP contribution in [0.2, 0.25) is 5.02 Å². The van der Waals surface area contributed by atoms with Gasteiger partial charge in [0, 0.05) is 14.8 Å². The number of rotatable bonds is 3. The number of alkyl halides is 1. The van der Waals surface area contributed by atoms with E-state index >= 15 is 0 Å². The van der Waals surface area contributed by atoms with E-state index in [1.54, 1.807) is 7.11 Å². The molecular weight excluding hydrogens is 323 g/mol. The Hall–Kier alpha value is -0.700. The molecule has 1 unspecified atom stereocenters. The van der Waals surface area contributed by atoms with E-state index in [2.05, 4.69) is 6.07 Å². The van der Waals surface area contributed by atoms with Crippen LogP contribution in [0.15, 0.2) is 24.3 Å². The summed E-state index contributed by atoms with van der Waals surface area (Å²) in [5, 5.41) is 0.485. The Balaban J connectivity index is 1.90. The lowest BCUT2D eigenvalue weighted by Gasteiger charge is -2.11. The van der Waals surface area contributed by atoms with Gasteiger partial charge in [0.2, 0.25) is 0 Å². The third kappa shape index (κ3) is 3.23. The van der Waals surface area contributed by atoms with E-state index < -0.39 is 0 Å². The lowest BCUT2D eigenvalue weighted by Crippen LogP contribution is -1.93. The van der Waals surface area contributed by atoms with Gasteiger partial charge in [-0.3, -0.25) is 0 Å². The summed E-state index contributed by atoms with van der Waals surface area (Å²) in [4.78, 5) is 2.72. The van der Waals surface area contributed by atoms with Gasteiger partial charge >= 0.3 is 0 Å². The largest absolute Gasteiger partial charge is 0.497 e. The molecule has 21 heavy (non-hydrogen) atoms. The maximum absolute atomic E-state index is 6.68. The molecule has 0 saturated heterocycles. The molecule has 4 heteroatoms. The summed E-state index contributed by atoms with van der Waals surface area (Å²) in [6, 6.07) is 7.98. The Morgan fingerprint density at radius 3 is 2.71 bits per heavy atom. The lowest BCUT2D eigenvalue weighted by molar-refractivity contribution is 0.414. The molecule has 0 amide bonds. The Morgan fingerprint density at radius 2 is 1.95 bits per heavy atom. The van der Waals surface area contributed by atoms with Crippen LogP contribution in [0.3, 0.4) is 0 Å². The van der Waals surface area contributed by atoms with Gasteiger partial charge in [0.25, 0.3) is 0 Å². The first kappa shape index (κ1) is 15.2. The molecular formula is C17H18Cl2OS. The van der Waals surface area contributed by atoms with Crippen LogP contribution in [0.25, 0.3) is 0 Å². The predicted molar refractivity (Wildman–Crippen MR) is 91.3 cm³/mol. The van der Waals surface area contributed by atoms with Gasteiger partial charge < -0.3 is 4.74 Å². The van der Waals surface area contributed by atoms with Crippen molar-refractivity contribution in [2.45, 2.75) is 37.5 Å². The summed E-state index contributed by atoms with van der Waals surface area (Å²) in [5.41, 5.74) is 2.44. The molecule has 1 aromatic heterocycles. The summed E-state index contributed by atoms with van der Waals surface area (Å²) in [6.07, 6.45) is 6.31. The van der Waals surface area contributed by atoms with E-state index in [4.69, 9.17) is 27.9 Å². The fourth-order valence-corrected chi connectivity index (χ4v) is 4.79. The smallest absolute Gasteiger partial charge is 0.120 e. The number of ether oxygens (including phenoxy) is 1. The molecule has 0 N–H and O–H groups in total. The summed E-state index contributed by atoms with van der Waals surface area (Å²) in [5.74, 6) is 0.759. The molecule has 2 aromatic rings. The number of aryl methyl sites for hydroxylation is 2. The van der Waals surface area contributed by atoms with Crippen molar-refractivity contribution in [1.82, 2.24) is 0 Å². The second kappa shape index (κ2) is 6.60. The quantitative estimate of drug-likeness (QED) is 0.491. The van der Waals surface area contributed by atoms with Crippen molar-refractivity contribution in [1.29, 1.82) is 0 Å². The molecule has 1 aliphatic rings. The predicted octanol–water partition coefficient (Wildman–Crippen LogP) is 6.01. The van der Waals surface area contributed by atoms with Crippen molar-refractivity contribution in [3.8, 4) is 5.75 Å². The molecule has 1 atom stereocenters. The fraction of sp³-hybridized carbons (Fsp3) is 0.412. The first-order valence-corrected chi connectivity index (χ1v) is 8.91. The normalized spacial score (nSPS) is 16.1. The number of halogens is 2. The van der Waals surface area contributed by atoms with Gasteiger partial charge in [-0.2, -0.15) is 0 Å². The zero-order valence-corrected chi connectivity index (χ0v) is 14.3. The van der Waals surface area contributed by atoms with E-state index in [9.17, 15) is 0 Å². The Labute approximate surface area is 139 Å². The van der Waals surface area contributed by atoms with Crippen molar-refractivity contribution in [3.63, 3.8) is 0 Å². The number of fused-ring (bicyclic) bond motifs is 1. The van der Waals surface area contributed by atoms with Crippen LogP contribution in [0.4, 0.5) is 0 Å². The van der Waals surface area contributed by atoms with Crippen LogP contribution in [0.1, 0.15) is 45.5 Å². The lowest BCUT2D eigenvalue weighted by atomic mass is 10.1. The molecule has 1 heterocycles. The van der Waals surface area contributed by atoms with Gasteiger partial charge in [-0.25, -0.2) is 0 Å². The molecule has 112 valence electrons. The van der Waals surface area contributed by atoms with E-state index in [1.165, 1.54) is 47.4 Å². The highest BCUT2D eigenvalue weighted by molar-refractivity contribution is 7.12. The second-order valence-corrected chi connectivity index (χ2v) is 7.42.